The zero-order valence-corrected chi connectivity index (χ0v) is 7.78. The first-order valence-corrected chi connectivity index (χ1v) is 4.65. The number of carboxylic acids is 1. The summed E-state index contributed by atoms with van der Waals surface area (Å²) < 4.78 is 0. The quantitative estimate of drug-likeness (QED) is 0.770. The van der Waals surface area contributed by atoms with E-state index in [4.69, 9.17) is 5.11 Å². The first-order chi connectivity index (χ1) is 6.75. The molecule has 0 radical (unpaired) electrons. The lowest BCUT2D eigenvalue weighted by atomic mass is 10.6. The number of aromatic nitrogens is 3. The highest BCUT2D eigenvalue weighted by Crippen LogP contribution is 2.14. The fourth-order valence-electron chi connectivity index (χ4n) is 0.908. The van der Waals surface area contributed by atoms with Crippen molar-refractivity contribution in [3.8, 4) is 0 Å². The SMILES string of the molecule is O=C(O)CNc1ncc2ncsc2n1. The van der Waals surface area contributed by atoms with Gasteiger partial charge in [-0.25, -0.2) is 15.0 Å². The summed E-state index contributed by atoms with van der Waals surface area (Å²) >= 11 is 1.39. The van der Waals surface area contributed by atoms with Gasteiger partial charge in [0.15, 0.2) is 0 Å². The smallest absolute Gasteiger partial charge is 0.322 e. The molecular formula is C7H6N4O2S. The molecule has 0 amide bonds. The van der Waals surface area contributed by atoms with E-state index in [0.29, 0.717) is 5.95 Å². The van der Waals surface area contributed by atoms with Crippen molar-refractivity contribution in [1.29, 1.82) is 0 Å². The van der Waals surface area contributed by atoms with Crippen molar-refractivity contribution in [2.45, 2.75) is 0 Å². The van der Waals surface area contributed by atoms with E-state index in [-0.39, 0.29) is 6.54 Å². The molecule has 0 saturated heterocycles. The van der Waals surface area contributed by atoms with Crippen LogP contribution in [0.2, 0.25) is 0 Å². The molecule has 2 heterocycles. The Hall–Kier alpha value is -1.76. The summed E-state index contributed by atoms with van der Waals surface area (Å²) in [6.45, 7) is -0.190. The molecule has 0 aliphatic rings. The number of hydrogen-bond donors (Lipinski definition) is 2. The average Bonchev–Trinajstić information content (AvgIpc) is 2.61. The lowest BCUT2D eigenvalue weighted by Crippen LogP contribution is -2.13. The fourth-order valence-corrected chi connectivity index (χ4v) is 1.54. The number of carboxylic acid groups (broad SMARTS) is 1. The second-order valence-corrected chi connectivity index (χ2v) is 3.32. The van der Waals surface area contributed by atoms with Gasteiger partial charge in [0.05, 0.1) is 11.7 Å². The molecule has 0 aliphatic heterocycles. The van der Waals surface area contributed by atoms with Crippen LogP contribution in [0.5, 0.6) is 0 Å². The normalized spacial score (nSPS) is 10.3. The van der Waals surface area contributed by atoms with Crippen LogP contribution >= 0.6 is 11.3 Å². The minimum atomic E-state index is -0.946. The summed E-state index contributed by atoms with van der Waals surface area (Å²) in [5.41, 5.74) is 2.39. The molecular weight excluding hydrogens is 204 g/mol. The number of aliphatic carboxylic acids is 1. The molecule has 0 aliphatic carbocycles. The van der Waals surface area contributed by atoms with Crippen LogP contribution in [0, 0.1) is 0 Å². The second-order valence-electron chi connectivity index (χ2n) is 2.48. The van der Waals surface area contributed by atoms with Gasteiger partial charge < -0.3 is 10.4 Å². The van der Waals surface area contributed by atoms with Crippen molar-refractivity contribution in [2.24, 2.45) is 0 Å². The number of thiazole rings is 1. The van der Waals surface area contributed by atoms with Crippen LogP contribution in [0.15, 0.2) is 11.7 Å². The molecule has 0 aromatic carbocycles. The van der Waals surface area contributed by atoms with Gasteiger partial charge in [-0.05, 0) is 0 Å². The Morgan fingerprint density at radius 3 is 3.21 bits per heavy atom. The Morgan fingerprint density at radius 1 is 1.57 bits per heavy atom. The third-order valence-electron chi connectivity index (χ3n) is 1.49. The van der Waals surface area contributed by atoms with Gasteiger partial charge in [0, 0.05) is 0 Å². The molecule has 14 heavy (non-hydrogen) atoms. The molecule has 2 aromatic rings. The van der Waals surface area contributed by atoms with E-state index < -0.39 is 5.97 Å². The number of fused-ring (bicyclic) bond motifs is 1. The summed E-state index contributed by atoms with van der Waals surface area (Å²) in [4.78, 5) is 23.0. The van der Waals surface area contributed by atoms with Gasteiger partial charge in [0.25, 0.3) is 0 Å². The average molecular weight is 210 g/mol. The number of nitrogens with one attached hydrogen (secondary N) is 1. The van der Waals surface area contributed by atoms with Crippen molar-refractivity contribution in [3.05, 3.63) is 11.7 Å². The van der Waals surface area contributed by atoms with Gasteiger partial charge >= 0.3 is 5.97 Å². The van der Waals surface area contributed by atoms with E-state index in [1.54, 1.807) is 11.7 Å². The van der Waals surface area contributed by atoms with E-state index in [0.717, 1.165) is 10.3 Å². The number of rotatable bonds is 3. The van der Waals surface area contributed by atoms with Crippen LogP contribution in [0.25, 0.3) is 10.3 Å². The van der Waals surface area contributed by atoms with Crippen LogP contribution in [0.4, 0.5) is 5.95 Å². The molecule has 7 heteroatoms. The highest BCUT2D eigenvalue weighted by molar-refractivity contribution is 7.16. The summed E-state index contributed by atoms with van der Waals surface area (Å²) in [7, 11) is 0. The Bertz CT molecular complexity index is 469. The van der Waals surface area contributed by atoms with Gasteiger partial charge in [-0.15, -0.1) is 11.3 Å². The van der Waals surface area contributed by atoms with E-state index in [2.05, 4.69) is 20.3 Å². The van der Waals surface area contributed by atoms with Crippen molar-refractivity contribution < 1.29 is 9.90 Å². The minimum absolute atomic E-state index is 0.190. The highest BCUT2D eigenvalue weighted by atomic mass is 32.1. The Balaban J connectivity index is 2.21. The Kier molecular flexibility index (Phi) is 2.23. The predicted molar refractivity (Wildman–Crippen MR) is 51.3 cm³/mol. The Morgan fingerprint density at radius 2 is 2.43 bits per heavy atom. The maximum Gasteiger partial charge on any atom is 0.322 e. The predicted octanol–water partition coefficient (Wildman–Crippen LogP) is 0.583. The molecule has 0 atom stereocenters. The highest BCUT2D eigenvalue weighted by Gasteiger charge is 2.02. The van der Waals surface area contributed by atoms with Crippen molar-refractivity contribution in [1.82, 2.24) is 15.0 Å². The van der Waals surface area contributed by atoms with E-state index >= 15 is 0 Å². The van der Waals surface area contributed by atoms with Crippen LogP contribution in [0.1, 0.15) is 0 Å². The van der Waals surface area contributed by atoms with Crippen LogP contribution in [-0.4, -0.2) is 32.6 Å². The molecule has 0 bridgehead atoms. The van der Waals surface area contributed by atoms with Gasteiger partial charge in [-0.2, -0.15) is 0 Å². The van der Waals surface area contributed by atoms with Gasteiger partial charge in [-0.1, -0.05) is 0 Å². The number of carbonyl (C=O) groups is 1. The largest absolute Gasteiger partial charge is 0.480 e. The number of anilines is 1. The third kappa shape index (κ3) is 1.77. The molecule has 2 rings (SSSR count). The van der Waals surface area contributed by atoms with Crippen molar-refractivity contribution in [3.63, 3.8) is 0 Å². The van der Waals surface area contributed by atoms with Gasteiger partial charge in [-0.3, -0.25) is 4.79 Å². The maximum absolute atomic E-state index is 10.3. The van der Waals surface area contributed by atoms with Crippen LogP contribution in [-0.2, 0) is 4.79 Å². The summed E-state index contributed by atoms with van der Waals surface area (Å²) in [5.74, 6) is -0.637. The molecule has 2 N–H and O–H groups in total. The van der Waals surface area contributed by atoms with Gasteiger partial charge in [0.1, 0.15) is 16.9 Å². The first kappa shape index (κ1) is 8.82. The minimum Gasteiger partial charge on any atom is -0.480 e. The zero-order valence-electron chi connectivity index (χ0n) is 6.97. The van der Waals surface area contributed by atoms with Crippen molar-refractivity contribution in [2.75, 3.05) is 11.9 Å². The molecule has 6 nitrogen and oxygen atoms in total. The topological polar surface area (TPSA) is 88.0 Å². The fraction of sp³-hybridized carbons (Fsp3) is 0.143. The molecule has 2 aromatic heterocycles. The second kappa shape index (κ2) is 3.54. The molecule has 0 spiro atoms. The first-order valence-electron chi connectivity index (χ1n) is 3.77. The summed E-state index contributed by atoms with van der Waals surface area (Å²) in [5, 5.41) is 11.0. The molecule has 0 saturated carbocycles. The van der Waals surface area contributed by atoms with E-state index in [1.807, 2.05) is 0 Å². The molecule has 0 fully saturated rings. The molecule has 0 unspecified atom stereocenters. The molecule has 72 valence electrons. The number of nitrogens with zero attached hydrogens (tertiary/aromatic N) is 3. The summed E-state index contributed by atoms with van der Waals surface area (Å²) in [6.07, 6.45) is 1.56. The third-order valence-corrected chi connectivity index (χ3v) is 2.22. The standard InChI is InChI=1S/C7H6N4O2S/c12-5(13)2-9-7-8-1-4-6(11-7)14-3-10-4/h1,3H,2H2,(H,12,13)(H,8,9,11). The number of hydrogen-bond acceptors (Lipinski definition) is 6. The van der Waals surface area contributed by atoms with Crippen molar-refractivity contribution >= 4 is 33.6 Å². The monoisotopic (exact) mass is 210 g/mol. The summed E-state index contributed by atoms with van der Waals surface area (Å²) in [6, 6.07) is 0. The van der Waals surface area contributed by atoms with Crippen LogP contribution in [0.3, 0.4) is 0 Å². The van der Waals surface area contributed by atoms with Gasteiger partial charge in [0.2, 0.25) is 5.95 Å². The zero-order chi connectivity index (χ0) is 9.97. The van der Waals surface area contributed by atoms with E-state index in [9.17, 15) is 4.79 Å². The van der Waals surface area contributed by atoms with Crippen LogP contribution < -0.4 is 5.32 Å². The lowest BCUT2D eigenvalue weighted by molar-refractivity contribution is -0.134. The lowest BCUT2D eigenvalue weighted by Gasteiger charge is -1.99. The maximum atomic E-state index is 10.3. The van der Waals surface area contributed by atoms with E-state index in [1.165, 1.54) is 11.3 Å². The Labute approximate surface area is 82.6 Å².